The molecule has 0 bridgehead atoms. The van der Waals surface area contributed by atoms with E-state index in [1.54, 1.807) is 6.07 Å². The van der Waals surface area contributed by atoms with Gasteiger partial charge in [-0.1, -0.05) is 0 Å². The highest BCUT2D eigenvalue weighted by atomic mass is 19.1. The van der Waals surface area contributed by atoms with Gasteiger partial charge in [0.15, 0.2) is 0 Å². The summed E-state index contributed by atoms with van der Waals surface area (Å²) < 4.78 is 15.0. The maximum Gasteiger partial charge on any atom is 0.141 e. The van der Waals surface area contributed by atoms with Crippen LogP contribution in [0, 0.1) is 11.7 Å². The fourth-order valence-electron chi connectivity index (χ4n) is 2.73. The molecule has 2 aliphatic rings. The molecule has 0 aromatic carbocycles. The lowest BCUT2D eigenvalue weighted by atomic mass is 10.1. The van der Waals surface area contributed by atoms with E-state index in [0.29, 0.717) is 6.04 Å². The second-order valence-corrected chi connectivity index (χ2v) is 4.93. The van der Waals surface area contributed by atoms with Gasteiger partial charge in [-0.25, -0.2) is 4.39 Å². The first-order valence-electron chi connectivity index (χ1n) is 6.01. The van der Waals surface area contributed by atoms with E-state index in [1.165, 1.54) is 30.8 Å². The van der Waals surface area contributed by atoms with Gasteiger partial charge in [0, 0.05) is 5.69 Å². The van der Waals surface area contributed by atoms with Crippen molar-refractivity contribution in [3.63, 3.8) is 0 Å². The van der Waals surface area contributed by atoms with Gasteiger partial charge >= 0.3 is 0 Å². The highest BCUT2D eigenvalue weighted by molar-refractivity contribution is 5.54. The third-order valence-electron chi connectivity index (χ3n) is 3.77. The number of halogens is 1. The van der Waals surface area contributed by atoms with Crippen LogP contribution < -0.4 is 0 Å². The summed E-state index contributed by atoms with van der Waals surface area (Å²) in [6, 6.07) is 5.83. The quantitative estimate of drug-likeness (QED) is 0.752. The van der Waals surface area contributed by atoms with E-state index in [-0.39, 0.29) is 5.82 Å². The van der Waals surface area contributed by atoms with Gasteiger partial charge in [0.1, 0.15) is 11.5 Å². The molecular weight excluding hydrogens is 217 g/mol. The average molecular weight is 229 g/mol. The molecule has 0 saturated heterocycles. The normalized spacial score (nSPS) is 25.2. The molecule has 1 fully saturated rings. The van der Waals surface area contributed by atoms with Crippen LogP contribution in [0.2, 0.25) is 0 Å². The molecule has 2 aromatic rings. The van der Waals surface area contributed by atoms with Crippen LogP contribution in [0.25, 0.3) is 11.4 Å². The van der Waals surface area contributed by atoms with E-state index in [9.17, 15) is 4.39 Å². The first-order chi connectivity index (χ1) is 8.31. The van der Waals surface area contributed by atoms with Gasteiger partial charge in [-0.3, -0.25) is 9.67 Å². The maximum atomic E-state index is 12.8. The monoisotopic (exact) mass is 229 g/mol. The number of rotatable bonds is 1. The van der Waals surface area contributed by atoms with Gasteiger partial charge in [0.25, 0.3) is 0 Å². The van der Waals surface area contributed by atoms with Crippen molar-refractivity contribution in [3.05, 3.63) is 35.9 Å². The number of aromatic nitrogens is 3. The third kappa shape index (κ3) is 1.40. The summed E-state index contributed by atoms with van der Waals surface area (Å²) in [7, 11) is 0. The molecule has 2 atom stereocenters. The Morgan fingerprint density at radius 2 is 2.24 bits per heavy atom. The Morgan fingerprint density at radius 1 is 1.29 bits per heavy atom. The minimum absolute atomic E-state index is 0.306. The van der Waals surface area contributed by atoms with Gasteiger partial charge in [-0.15, -0.1) is 0 Å². The SMILES string of the molecule is Fc1ccc(-c2cc3n(n2)C2CC2CC3)nc1. The van der Waals surface area contributed by atoms with Gasteiger partial charge in [-0.05, 0) is 43.4 Å². The van der Waals surface area contributed by atoms with E-state index in [0.717, 1.165) is 23.7 Å². The molecular formula is C13H12FN3. The van der Waals surface area contributed by atoms with Crippen LogP contribution >= 0.6 is 0 Å². The van der Waals surface area contributed by atoms with Crippen molar-refractivity contribution in [2.45, 2.75) is 25.3 Å². The van der Waals surface area contributed by atoms with Gasteiger partial charge in [0.05, 0.1) is 17.9 Å². The van der Waals surface area contributed by atoms with Crippen molar-refractivity contribution in [1.82, 2.24) is 14.8 Å². The third-order valence-corrected chi connectivity index (χ3v) is 3.77. The Kier molecular flexibility index (Phi) is 1.73. The lowest BCUT2D eigenvalue weighted by Crippen LogP contribution is -2.09. The van der Waals surface area contributed by atoms with Crippen molar-refractivity contribution in [2.75, 3.05) is 0 Å². The molecule has 2 aromatic heterocycles. The average Bonchev–Trinajstić information content (AvgIpc) is 3.01. The lowest BCUT2D eigenvalue weighted by Gasteiger charge is -2.11. The largest absolute Gasteiger partial charge is 0.266 e. The van der Waals surface area contributed by atoms with Crippen LogP contribution in [0.3, 0.4) is 0 Å². The fourth-order valence-corrected chi connectivity index (χ4v) is 2.73. The molecule has 86 valence electrons. The standard InChI is InChI=1S/C13H12FN3/c14-9-2-4-11(15-7-9)12-6-10-3-1-8-5-13(8)17(10)16-12/h2,4,6-8,13H,1,3,5H2. The molecule has 0 radical (unpaired) electrons. The lowest BCUT2D eigenvalue weighted by molar-refractivity contribution is 0.494. The molecule has 4 heteroatoms. The number of nitrogens with zero attached hydrogens (tertiary/aromatic N) is 3. The van der Waals surface area contributed by atoms with E-state index >= 15 is 0 Å². The van der Waals surface area contributed by atoms with Crippen LogP contribution in [0.1, 0.15) is 24.6 Å². The molecule has 1 aliphatic carbocycles. The highest BCUT2D eigenvalue weighted by Crippen LogP contribution is 2.50. The molecule has 1 aliphatic heterocycles. The van der Waals surface area contributed by atoms with Crippen molar-refractivity contribution >= 4 is 0 Å². The minimum atomic E-state index is -0.306. The number of aryl methyl sites for hydroxylation is 1. The van der Waals surface area contributed by atoms with Crippen LogP contribution in [0.15, 0.2) is 24.4 Å². The molecule has 0 amide bonds. The van der Waals surface area contributed by atoms with Gasteiger partial charge in [-0.2, -0.15) is 5.10 Å². The zero-order valence-corrected chi connectivity index (χ0v) is 9.31. The molecule has 4 rings (SSSR count). The zero-order valence-electron chi connectivity index (χ0n) is 9.31. The summed E-state index contributed by atoms with van der Waals surface area (Å²) in [5, 5.41) is 4.61. The number of fused-ring (bicyclic) bond motifs is 3. The van der Waals surface area contributed by atoms with Crippen molar-refractivity contribution in [1.29, 1.82) is 0 Å². The topological polar surface area (TPSA) is 30.7 Å². The van der Waals surface area contributed by atoms with Crippen molar-refractivity contribution in [2.24, 2.45) is 5.92 Å². The first-order valence-corrected chi connectivity index (χ1v) is 6.01. The summed E-state index contributed by atoms with van der Waals surface area (Å²) in [4.78, 5) is 4.08. The number of hydrogen-bond donors (Lipinski definition) is 0. The van der Waals surface area contributed by atoms with Crippen LogP contribution in [-0.4, -0.2) is 14.8 Å². The molecule has 3 nitrogen and oxygen atoms in total. The molecule has 0 N–H and O–H groups in total. The maximum absolute atomic E-state index is 12.8. The number of pyridine rings is 1. The van der Waals surface area contributed by atoms with Gasteiger partial charge in [0.2, 0.25) is 0 Å². The van der Waals surface area contributed by atoms with Crippen molar-refractivity contribution in [3.8, 4) is 11.4 Å². The van der Waals surface area contributed by atoms with Gasteiger partial charge < -0.3 is 0 Å². The Labute approximate surface area is 98.3 Å². The van der Waals surface area contributed by atoms with E-state index in [4.69, 9.17) is 0 Å². The molecule has 3 heterocycles. The predicted molar refractivity (Wildman–Crippen MR) is 60.9 cm³/mol. The number of hydrogen-bond acceptors (Lipinski definition) is 2. The van der Waals surface area contributed by atoms with E-state index < -0.39 is 0 Å². The first kappa shape index (κ1) is 9.33. The van der Waals surface area contributed by atoms with Crippen LogP contribution in [0.5, 0.6) is 0 Å². The second-order valence-electron chi connectivity index (χ2n) is 4.93. The smallest absolute Gasteiger partial charge is 0.141 e. The predicted octanol–water partition coefficient (Wildman–Crippen LogP) is 2.59. The summed E-state index contributed by atoms with van der Waals surface area (Å²) >= 11 is 0. The molecule has 17 heavy (non-hydrogen) atoms. The minimum Gasteiger partial charge on any atom is -0.266 e. The fraction of sp³-hybridized carbons (Fsp3) is 0.385. The molecule has 1 saturated carbocycles. The Bertz CT molecular complexity index is 573. The zero-order chi connectivity index (χ0) is 11.4. The second kappa shape index (κ2) is 3.15. The van der Waals surface area contributed by atoms with Crippen LogP contribution in [-0.2, 0) is 6.42 Å². The Morgan fingerprint density at radius 3 is 3.06 bits per heavy atom. The van der Waals surface area contributed by atoms with Crippen LogP contribution in [0.4, 0.5) is 4.39 Å². The highest BCUT2D eigenvalue weighted by Gasteiger charge is 2.43. The summed E-state index contributed by atoms with van der Waals surface area (Å²) in [6.07, 6.45) is 4.90. The van der Waals surface area contributed by atoms with E-state index in [1.807, 2.05) is 0 Å². The summed E-state index contributed by atoms with van der Waals surface area (Å²) in [5.41, 5.74) is 2.92. The van der Waals surface area contributed by atoms with E-state index in [2.05, 4.69) is 20.8 Å². The summed E-state index contributed by atoms with van der Waals surface area (Å²) in [6.45, 7) is 0. The Balaban J connectivity index is 1.77. The molecule has 0 spiro atoms. The summed E-state index contributed by atoms with van der Waals surface area (Å²) in [5.74, 6) is 0.538. The Hall–Kier alpha value is -1.71. The van der Waals surface area contributed by atoms with Crippen molar-refractivity contribution < 1.29 is 4.39 Å². The molecule has 2 unspecified atom stereocenters.